The van der Waals surface area contributed by atoms with E-state index in [1.165, 1.54) is 19.2 Å². The molecule has 7 nitrogen and oxygen atoms in total. The standard InChI is InChI=1S/C15H15F2N3O4S2/c1-20(26(23,24)15-3-2-6-25-15)9-14(22)18-8-13(21)19-10-4-5-11(16)12(17)7-10/h2-7H,8-9H2,1H3,(H,18,22)(H,19,21). The fourth-order valence-corrected chi connectivity index (χ4v) is 4.19. The first-order valence-corrected chi connectivity index (χ1v) is 9.53. The third-order valence-electron chi connectivity index (χ3n) is 3.18. The van der Waals surface area contributed by atoms with Crippen LogP contribution in [0.3, 0.4) is 0 Å². The molecule has 2 rings (SSSR count). The second-order valence-corrected chi connectivity index (χ2v) is 8.37. The number of carbonyl (C=O) groups excluding carboxylic acids is 2. The van der Waals surface area contributed by atoms with Crippen LogP contribution in [0.4, 0.5) is 14.5 Å². The summed E-state index contributed by atoms with van der Waals surface area (Å²) in [6.07, 6.45) is 0. The SMILES string of the molecule is CN(CC(=O)NCC(=O)Nc1ccc(F)c(F)c1)S(=O)(=O)c1cccs1. The van der Waals surface area contributed by atoms with Crippen LogP contribution in [-0.2, 0) is 19.6 Å². The Labute approximate surface area is 152 Å². The predicted molar refractivity (Wildman–Crippen MR) is 92.1 cm³/mol. The molecular formula is C15H15F2N3O4S2. The van der Waals surface area contributed by atoms with Crippen LogP contribution in [0.1, 0.15) is 0 Å². The molecule has 1 aromatic carbocycles. The first kappa shape index (κ1) is 19.9. The number of sulfonamides is 1. The minimum atomic E-state index is -3.77. The van der Waals surface area contributed by atoms with Gasteiger partial charge in [-0.3, -0.25) is 9.59 Å². The quantitative estimate of drug-likeness (QED) is 0.731. The van der Waals surface area contributed by atoms with Gasteiger partial charge in [-0.15, -0.1) is 11.3 Å². The molecule has 2 aromatic rings. The van der Waals surface area contributed by atoms with E-state index in [2.05, 4.69) is 10.6 Å². The van der Waals surface area contributed by atoms with E-state index in [-0.39, 0.29) is 9.90 Å². The Morgan fingerprint density at radius 1 is 1.15 bits per heavy atom. The van der Waals surface area contributed by atoms with Crippen LogP contribution in [0.25, 0.3) is 0 Å². The monoisotopic (exact) mass is 403 g/mol. The normalized spacial score (nSPS) is 11.4. The van der Waals surface area contributed by atoms with Gasteiger partial charge in [0, 0.05) is 18.8 Å². The number of halogens is 2. The van der Waals surface area contributed by atoms with E-state index < -0.39 is 46.6 Å². The summed E-state index contributed by atoms with van der Waals surface area (Å²) in [6.45, 7) is -0.927. The predicted octanol–water partition coefficient (Wildman–Crippen LogP) is 1.40. The minimum Gasteiger partial charge on any atom is -0.346 e. The highest BCUT2D eigenvalue weighted by Gasteiger charge is 2.23. The fourth-order valence-electron chi connectivity index (χ4n) is 1.86. The van der Waals surface area contributed by atoms with Gasteiger partial charge in [-0.1, -0.05) is 6.07 Å². The molecule has 0 fully saturated rings. The Balaban J connectivity index is 1.84. The van der Waals surface area contributed by atoms with E-state index in [9.17, 15) is 26.8 Å². The van der Waals surface area contributed by atoms with Crippen LogP contribution in [0, 0.1) is 11.6 Å². The topological polar surface area (TPSA) is 95.6 Å². The number of anilines is 1. The van der Waals surface area contributed by atoms with E-state index in [4.69, 9.17) is 0 Å². The van der Waals surface area contributed by atoms with Gasteiger partial charge in [0.25, 0.3) is 10.0 Å². The Bertz CT molecular complexity index is 902. The molecule has 140 valence electrons. The van der Waals surface area contributed by atoms with Crippen LogP contribution < -0.4 is 10.6 Å². The molecule has 0 saturated carbocycles. The average Bonchev–Trinajstić information content (AvgIpc) is 3.11. The molecule has 1 heterocycles. The van der Waals surface area contributed by atoms with E-state index in [0.717, 1.165) is 27.8 Å². The number of carbonyl (C=O) groups is 2. The minimum absolute atomic E-state index is 0.0283. The molecule has 2 N–H and O–H groups in total. The van der Waals surface area contributed by atoms with Gasteiger partial charge in [-0.25, -0.2) is 17.2 Å². The van der Waals surface area contributed by atoms with Crippen LogP contribution >= 0.6 is 11.3 Å². The first-order chi connectivity index (χ1) is 12.2. The zero-order chi connectivity index (χ0) is 19.3. The Hall–Kier alpha value is -2.37. The maximum Gasteiger partial charge on any atom is 0.252 e. The maximum atomic E-state index is 13.1. The largest absolute Gasteiger partial charge is 0.346 e. The molecule has 2 amide bonds. The number of rotatable bonds is 7. The van der Waals surface area contributed by atoms with Gasteiger partial charge in [0.05, 0.1) is 13.1 Å². The third-order valence-corrected chi connectivity index (χ3v) is 6.35. The molecule has 11 heteroatoms. The van der Waals surface area contributed by atoms with E-state index in [1.54, 1.807) is 11.4 Å². The number of hydrogen-bond acceptors (Lipinski definition) is 5. The van der Waals surface area contributed by atoms with E-state index in [1.807, 2.05) is 0 Å². The summed E-state index contributed by atoms with van der Waals surface area (Å²) in [4.78, 5) is 23.5. The Morgan fingerprint density at radius 2 is 1.88 bits per heavy atom. The average molecular weight is 403 g/mol. The molecule has 0 aliphatic heterocycles. The highest BCUT2D eigenvalue weighted by atomic mass is 32.2. The van der Waals surface area contributed by atoms with E-state index >= 15 is 0 Å². The van der Waals surface area contributed by atoms with Gasteiger partial charge in [0.2, 0.25) is 11.8 Å². The summed E-state index contributed by atoms with van der Waals surface area (Å²) in [7, 11) is -2.53. The Kier molecular flexibility index (Phi) is 6.40. The molecule has 0 aliphatic carbocycles. The molecule has 0 saturated heterocycles. The summed E-state index contributed by atoms with van der Waals surface area (Å²) in [5, 5.41) is 6.14. The zero-order valence-electron chi connectivity index (χ0n) is 13.5. The van der Waals surface area contributed by atoms with Crippen molar-refractivity contribution in [1.29, 1.82) is 0 Å². The molecular weight excluding hydrogens is 388 g/mol. The molecule has 0 radical (unpaired) electrons. The van der Waals surface area contributed by atoms with Crippen molar-refractivity contribution in [2.45, 2.75) is 4.21 Å². The summed E-state index contributed by atoms with van der Waals surface area (Å²) in [5.74, 6) is -3.53. The van der Waals surface area contributed by atoms with Crippen LogP contribution in [0.5, 0.6) is 0 Å². The number of nitrogens with zero attached hydrogens (tertiary/aromatic N) is 1. The number of amides is 2. The molecule has 0 spiro atoms. The number of hydrogen-bond donors (Lipinski definition) is 2. The van der Waals surface area contributed by atoms with Crippen molar-refractivity contribution < 1.29 is 26.8 Å². The molecule has 0 atom stereocenters. The zero-order valence-corrected chi connectivity index (χ0v) is 15.2. The van der Waals surface area contributed by atoms with Gasteiger partial charge in [-0.2, -0.15) is 4.31 Å². The van der Waals surface area contributed by atoms with Crippen LogP contribution in [0.15, 0.2) is 39.9 Å². The lowest BCUT2D eigenvalue weighted by atomic mass is 10.3. The van der Waals surface area contributed by atoms with Crippen molar-refractivity contribution in [2.75, 3.05) is 25.5 Å². The summed E-state index contributed by atoms with van der Waals surface area (Å²) >= 11 is 1.02. The molecule has 0 bridgehead atoms. The second-order valence-electron chi connectivity index (χ2n) is 5.15. The van der Waals surface area contributed by atoms with Crippen molar-refractivity contribution in [3.63, 3.8) is 0 Å². The third kappa shape index (κ3) is 5.07. The van der Waals surface area contributed by atoms with Crippen molar-refractivity contribution >= 4 is 38.9 Å². The van der Waals surface area contributed by atoms with Gasteiger partial charge in [-0.05, 0) is 23.6 Å². The van der Waals surface area contributed by atoms with E-state index in [0.29, 0.717) is 0 Å². The summed E-state index contributed by atoms with van der Waals surface area (Å²) in [6, 6.07) is 5.82. The first-order valence-electron chi connectivity index (χ1n) is 7.21. The summed E-state index contributed by atoms with van der Waals surface area (Å²) < 4.78 is 51.2. The smallest absolute Gasteiger partial charge is 0.252 e. The number of nitrogens with one attached hydrogen (secondary N) is 2. The Morgan fingerprint density at radius 3 is 2.50 bits per heavy atom. The van der Waals surface area contributed by atoms with Gasteiger partial charge >= 0.3 is 0 Å². The van der Waals surface area contributed by atoms with Crippen molar-refractivity contribution in [3.05, 3.63) is 47.3 Å². The molecule has 0 aliphatic rings. The fraction of sp³-hybridized carbons (Fsp3) is 0.200. The maximum absolute atomic E-state index is 13.1. The lowest BCUT2D eigenvalue weighted by Crippen LogP contribution is -2.41. The van der Waals surface area contributed by atoms with Crippen molar-refractivity contribution in [2.24, 2.45) is 0 Å². The van der Waals surface area contributed by atoms with Crippen LogP contribution in [-0.4, -0.2) is 44.7 Å². The van der Waals surface area contributed by atoms with Crippen molar-refractivity contribution in [1.82, 2.24) is 9.62 Å². The molecule has 26 heavy (non-hydrogen) atoms. The molecule has 0 unspecified atom stereocenters. The highest BCUT2D eigenvalue weighted by Crippen LogP contribution is 2.19. The van der Waals surface area contributed by atoms with Gasteiger partial charge in [0.15, 0.2) is 11.6 Å². The number of benzene rings is 1. The van der Waals surface area contributed by atoms with Gasteiger partial charge in [0.1, 0.15) is 4.21 Å². The van der Waals surface area contributed by atoms with Crippen molar-refractivity contribution in [3.8, 4) is 0 Å². The number of likely N-dealkylation sites (N-methyl/N-ethyl adjacent to an activating group) is 1. The lowest BCUT2D eigenvalue weighted by Gasteiger charge is -2.15. The van der Waals surface area contributed by atoms with Crippen LogP contribution in [0.2, 0.25) is 0 Å². The highest BCUT2D eigenvalue weighted by molar-refractivity contribution is 7.91. The molecule has 1 aromatic heterocycles. The summed E-state index contributed by atoms with van der Waals surface area (Å²) in [5.41, 5.74) is 0.0283. The second kappa shape index (κ2) is 8.34. The number of thiophene rings is 1. The van der Waals surface area contributed by atoms with Gasteiger partial charge < -0.3 is 10.6 Å². The lowest BCUT2D eigenvalue weighted by molar-refractivity contribution is -0.124.